The molecule has 3 atom stereocenters. The summed E-state index contributed by atoms with van der Waals surface area (Å²) in [4.78, 5) is 16.9. The van der Waals surface area contributed by atoms with Crippen LogP contribution in [0.25, 0.3) is 21.9 Å². The fraction of sp³-hybridized carbons (Fsp3) is 0.533. The minimum atomic E-state index is -2.02. The summed E-state index contributed by atoms with van der Waals surface area (Å²) in [6.45, 7) is 14.4. The molecule has 3 aromatic rings. The van der Waals surface area contributed by atoms with E-state index in [9.17, 15) is 4.79 Å². The molecule has 2 aromatic heterocycles. The highest BCUT2D eigenvalue weighted by Gasteiger charge is 2.43. The fourth-order valence-corrected chi connectivity index (χ4v) is 6.20. The van der Waals surface area contributed by atoms with Gasteiger partial charge in [0.05, 0.1) is 35.2 Å². The van der Waals surface area contributed by atoms with Crippen molar-refractivity contribution >= 4 is 42.4 Å². The number of nitriles is 1. The quantitative estimate of drug-likeness (QED) is 0.293. The molecule has 1 saturated heterocycles. The van der Waals surface area contributed by atoms with Crippen LogP contribution in [0.5, 0.6) is 0 Å². The summed E-state index contributed by atoms with van der Waals surface area (Å²) in [6, 6.07) is 8.02. The van der Waals surface area contributed by atoms with Crippen molar-refractivity contribution in [1.82, 2.24) is 14.8 Å². The van der Waals surface area contributed by atoms with E-state index < -0.39 is 8.32 Å². The molecule has 40 heavy (non-hydrogen) atoms. The van der Waals surface area contributed by atoms with Gasteiger partial charge in [0.15, 0.2) is 8.32 Å². The van der Waals surface area contributed by atoms with Crippen LogP contribution in [0, 0.1) is 30.1 Å². The first-order chi connectivity index (χ1) is 18.9. The molecule has 8 nitrogen and oxygen atoms in total. The van der Waals surface area contributed by atoms with Crippen LogP contribution in [0.4, 0.5) is 5.82 Å². The summed E-state index contributed by atoms with van der Waals surface area (Å²) < 4.78 is 14.8. The molecule has 0 radical (unpaired) electrons. The van der Waals surface area contributed by atoms with Crippen molar-refractivity contribution in [3.63, 3.8) is 0 Å². The standard InChI is InChI=1S/C30H38ClN5O3Si/c1-18-28(25(17-39-40(5,6)30(2,3)4)35-36(18)27-9-7-8-10-38-27)20-11-19-14-26(33-16-23(19)24(31)13-20)34-29(37)22-12-21(22)15-32/h11,13-14,16,21-22,27H,7-10,12,17H2,1-6H3,(H,33,34,37)/t21-,22+,27?/m0/s1. The Morgan fingerprint density at radius 2 is 2.08 bits per heavy atom. The first kappa shape index (κ1) is 28.7. The molecule has 1 saturated carbocycles. The van der Waals surface area contributed by atoms with E-state index in [-0.39, 0.29) is 29.0 Å². The second-order valence-electron chi connectivity index (χ2n) is 12.5. The molecular weight excluding hydrogens is 542 g/mol. The molecule has 3 heterocycles. The van der Waals surface area contributed by atoms with Gasteiger partial charge >= 0.3 is 0 Å². The molecule has 2 aliphatic rings. The van der Waals surface area contributed by atoms with Gasteiger partial charge in [0.1, 0.15) is 12.0 Å². The van der Waals surface area contributed by atoms with Crippen molar-refractivity contribution < 1.29 is 14.0 Å². The van der Waals surface area contributed by atoms with E-state index >= 15 is 0 Å². The summed E-state index contributed by atoms with van der Waals surface area (Å²) in [5.41, 5.74) is 3.80. The highest BCUT2D eigenvalue weighted by atomic mass is 35.5. The van der Waals surface area contributed by atoms with Crippen LogP contribution in [0.3, 0.4) is 0 Å². The minimum absolute atomic E-state index is 0.0745. The van der Waals surface area contributed by atoms with Gasteiger partial charge in [0, 0.05) is 29.4 Å². The molecule has 1 aromatic carbocycles. The Kier molecular flexibility index (Phi) is 7.83. The Balaban J connectivity index is 1.53. The number of aromatic nitrogens is 3. The van der Waals surface area contributed by atoms with E-state index in [1.54, 1.807) is 6.20 Å². The number of carbonyl (C=O) groups excluding carboxylic acids is 1. The smallest absolute Gasteiger partial charge is 0.230 e. The van der Waals surface area contributed by atoms with Gasteiger partial charge in [-0.25, -0.2) is 9.67 Å². The zero-order chi connectivity index (χ0) is 28.8. The van der Waals surface area contributed by atoms with Crippen LogP contribution in [-0.2, 0) is 20.6 Å². The highest BCUT2D eigenvalue weighted by Crippen LogP contribution is 2.41. The van der Waals surface area contributed by atoms with E-state index in [4.69, 9.17) is 31.1 Å². The second kappa shape index (κ2) is 10.9. The lowest BCUT2D eigenvalue weighted by molar-refractivity contribution is -0.117. The van der Waals surface area contributed by atoms with E-state index in [1.807, 2.05) is 16.8 Å². The third kappa shape index (κ3) is 5.68. The first-order valence-corrected chi connectivity index (χ1v) is 17.3. The Hall–Kier alpha value is -2.77. The van der Waals surface area contributed by atoms with E-state index in [0.717, 1.165) is 59.2 Å². The molecule has 10 heteroatoms. The number of pyridine rings is 1. The van der Waals surface area contributed by atoms with Crippen LogP contribution in [0.2, 0.25) is 23.2 Å². The Morgan fingerprint density at radius 1 is 1.30 bits per heavy atom. The molecule has 212 valence electrons. The zero-order valence-corrected chi connectivity index (χ0v) is 25.9. The van der Waals surface area contributed by atoms with E-state index in [2.05, 4.69) is 63.2 Å². The molecule has 2 fully saturated rings. The second-order valence-corrected chi connectivity index (χ2v) is 17.8. The van der Waals surface area contributed by atoms with Crippen LogP contribution < -0.4 is 5.32 Å². The molecular formula is C30H38ClN5O3Si. The molecule has 1 unspecified atom stereocenters. The Morgan fingerprint density at radius 3 is 2.73 bits per heavy atom. The van der Waals surface area contributed by atoms with Crippen LogP contribution in [-0.4, -0.2) is 35.6 Å². The van der Waals surface area contributed by atoms with Gasteiger partial charge in [-0.15, -0.1) is 0 Å². The maximum Gasteiger partial charge on any atom is 0.230 e. The number of halogens is 1. The number of rotatable bonds is 7. The van der Waals surface area contributed by atoms with Gasteiger partial charge in [-0.2, -0.15) is 10.4 Å². The third-order valence-electron chi connectivity index (χ3n) is 8.65. The lowest BCUT2D eigenvalue weighted by Crippen LogP contribution is -2.40. The van der Waals surface area contributed by atoms with Gasteiger partial charge in [0.25, 0.3) is 0 Å². The van der Waals surface area contributed by atoms with Crippen molar-refractivity contribution in [2.75, 3.05) is 11.9 Å². The number of nitrogens with one attached hydrogen (secondary N) is 1. The topological polar surface area (TPSA) is 102 Å². The number of fused-ring (bicyclic) bond motifs is 1. The highest BCUT2D eigenvalue weighted by molar-refractivity contribution is 6.74. The summed E-state index contributed by atoms with van der Waals surface area (Å²) in [7, 11) is -2.02. The molecule has 0 spiro atoms. The molecule has 1 aliphatic heterocycles. The molecule has 1 N–H and O–H groups in total. The van der Waals surface area contributed by atoms with Crippen LogP contribution in [0.15, 0.2) is 24.4 Å². The lowest BCUT2D eigenvalue weighted by Gasteiger charge is -2.36. The van der Waals surface area contributed by atoms with Gasteiger partial charge < -0.3 is 14.5 Å². The number of hydrogen-bond donors (Lipinski definition) is 1. The Bertz CT molecular complexity index is 1480. The van der Waals surface area contributed by atoms with Crippen molar-refractivity contribution in [2.45, 2.75) is 84.3 Å². The van der Waals surface area contributed by atoms with Gasteiger partial charge in [0.2, 0.25) is 5.91 Å². The number of ether oxygens (including phenoxy) is 1. The number of hydrogen-bond acceptors (Lipinski definition) is 6. The molecule has 1 amide bonds. The van der Waals surface area contributed by atoms with Gasteiger partial charge in [-0.05, 0) is 79.9 Å². The van der Waals surface area contributed by atoms with Crippen LogP contribution in [0.1, 0.15) is 64.1 Å². The number of nitrogens with zero attached hydrogens (tertiary/aromatic N) is 4. The first-order valence-electron chi connectivity index (χ1n) is 14.0. The normalized spacial score (nSPS) is 21.3. The number of carbonyl (C=O) groups is 1. The lowest BCUT2D eigenvalue weighted by atomic mass is 10.00. The van der Waals surface area contributed by atoms with Crippen molar-refractivity contribution in [2.24, 2.45) is 11.8 Å². The average Bonchev–Trinajstić information content (AvgIpc) is 3.63. The molecule has 0 bridgehead atoms. The molecule has 1 aliphatic carbocycles. The van der Waals surface area contributed by atoms with Crippen molar-refractivity contribution in [1.29, 1.82) is 5.26 Å². The predicted molar refractivity (Wildman–Crippen MR) is 159 cm³/mol. The zero-order valence-electron chi connectivity index (χ0n) is 24.2. The Labute approximate surface area is 242 Å². The monoisotopic (exact) mass is 579 g/mol. The maximum absolute atomic E-state index is 12.5. The maximum atomic E-state index is 12.5. The van der Waals surface area contributed by atoms with Crippen LogP contribution >= 0.6 is 11.6 Å². The average molecular weight is 580 g/mol. The number of amides is 1. The number of anilines is 1. The summed E-state index contributed by atoms with van der Waals surface area (Å²) in [5, 5.41) is 19.3. The molecule has 5 rings (SSSR count). The van der Waals surface area contributed by atoms with E-state index in [1.165, 1.54) is 0 Å². The van der Waals surface area contributed by atoms with E-state index in [0.29, 0.717) is 23.9 Å². The third-order valence-corrected chi connectivity index (χ3v) is 13.4. The summed E-state index contributed by atoms with van der Waals surface area (Å²) in [6.07, 6.45) is 5.27. The largest absolute Gasteiger partial charge is 0.411 e. The number of benzene rings is 1. The fourth-order valence-electron chi connectivity index (χ4n) is 4.99. The SMILES string of the molecule is Cc1c(-c2cc(Cl)c3cnc(NC(=O)[C@@H]4C[C@H]4C#N)cc3c2)c(CO[Si](C)(C)C(C)(C)C)nn1C1CCCCO1. The van der Waals surface area contributed by atoms with Crippen molar-refractivity contribution in [3.05, 3.63) is 40.8 Å². The van der Waals surface area contributed by atoms with Gasteiger partial charge in [-0.1, -0.05) is 32.4 Å². The van der Waals surface area contributed by atoms with Gasteiger partial charge in [-0.3, -0.25) is 4.79 Å². The summed E-state index contributed by atoms with van der Waals surface area (Å²) in [5.74, 6) is -0.202. The minimum Gasteiger partial charge on any atom is -0.411 e. The predicted octanol–water partition coefficient (Wildman–Crippen LogP) is 7.38. The summed E-state index contributed by atoms with van der Waals surface area (Å²) >= 11 is 6.80. The van der Waals surface area contributed by atoms with Crippen molar-refractivity contribution in [3.8, 4) is 17.2 Å².